The van der Waals surface area contributed by atoms with Crippen LogP contribution in [0.4, 0.5) is 5.69 Å². The van der Waals surface area contributed by atoms with E-state index in [9.17, 15) is 13.5 Å². The van der Waals surface area contributed by atoms with E-state index >= 15 is 0 Å². The summed E-state index contributed by atoms with van der Waals surface area (Å²) >= 11 is 0. The van der Waals surface area contributed by atoms with Gasteiger partial charge in [0.1, 0.15) is 4.90 Å². The molecule has 0 bridgehead atoms. The summed E-state index contributed by atoms with van der Waals surface area (Å²) in [6.45, 7) is 2.89. The van der Waals surface area contributed by atoms with Crippen molar-refractivity contribution in [2.24, 2.45) is 5.92 Å². The van der Waals surface area contributed by atoms with Crippen molar-refractivity contribution in [3.8, 4) is 0 Å². The number of aliphatic hydroxyl groups is 1. The zero-order valence-corrected chi connectivity index (χ0v) is 12.7. The molecule has 1 aliphatic rings. The quantitative estimate of drug-likeness (QED) is 0.828. The number of sulfonamides is 1. The first-order valence-corrected chi connectivity index (χ1v) is 8.40. The monoisotopic (exact) mass is 298 g/mol. The fourth-order valence-electron chi connectivity index (χ4n) is 2.60. The molecule has 1 aliphatic carbocycles. The van der Waals surface area contributed by atoms with Crippen LogP contribution in [0.5, 0.6) is 0 Å². The Labute approximate surface area is 120 Å². The molecular weight excluding hydrogens is 276 g/mol. The van der Waals surface area contributed by atoms with Gasteiger partial charge in [0.25, 0.3) is 0 Å². The van der Waals surface area contributed by atoms with Crippen molar-refractivity contribution in [1.29, 1.82) is 0 Å². The number of benzene rings is 1. The Morgan fingerprint density at radius 3 is 2.60 bits per heavy atom. The predicted octanol–water partition coefficient (Wildman–Crippen LogP) is 1.19. The molecule has 0 atom stereocenters. The van der Waals surface area contributed by atoms with Crippen LogP contribution in [0, 0.1) is 5.92 Å². The van der Waals surface area contributed by atoms with Crippen LogP contribution in [0.1, 0.15) is 19.8 Å². The second kappa shape index (κ2) is 6.11. The maximum absolute atomic E-state index is 12.2. The highest BCUT2D eigenvalue weighted by Crippen LogP contribution is 2.31. The average molecular weight is 298 g/mol. The molecule has 20 heavy (non-hydrogen) atoms. The maximum atomic E-state index is 12.2. The van der Waals surface area contributed by atoms with E-state index in [2.05, 4.69) is 4.72 Å². The maximum Gasteiger partial charge on any atom is 0.242 e. The van der Waals surface area contributed by atoms with E-state index < -0.39 is 10.0 Å². The second-order valence-corrected chi connectivity index (χ2v) is 7.08. The summed E-state index contributed by atoms with van der Waals surface area (Å²) in [5, 5.41) is 9.33. The SMILES string of the molecule is CCNS(=O)(=O)c1ccccc1N(C)CC1CC(O)C1. The molecule has 2 N–H and O–H groups in total. The molecule has 0 aromatic heterocycles. The third kappa shape index (κ3) is 3.31. The van der Waals surface area contributed by atoms with Gasteiger partial charge >= 0.3 is 0 Å². The van der Waals surface area contributed by atoms with Crippen LogP contribution in [0.3, 0.4) is 0 Å². The van der Waals surface area contributed by atoms with Crippen molar-refractivity contribution in [1.82, 2.24) is 4.72 Å². The molecule has 112 valence electrons. The Morgan fingerprint density at radius 2 is 2.00 bits per heavy atom. The lowest BCUT2D eigenvalue weighted by molar-refractivity contribution is 0.0464. The van der Waals surface area contributed by atoms with E-state index in [1.165, 1.54) is 0 Å². The van der Waals surface area contributed by atoms with Crippen molar-refractivity contribution >= 4 is 15.7 Å². The van der Waals surface area contributed by atoms with Gasteiger partial charge in [-0.25, -0.2) is 13.1 Å². The molecule has 0 radical (unpaired) electrons. The molecular formula is C14H22N2O3S. The largest absolute Gasteiger partial charge is 0.393 e. The van der Waals surface area contributed by atoms with Gasteiger partial charge in [-0.3, -0.25) is 0 Å². The first kappa shape index (κ1) is 15.3. The standard InChI is InChI=1S/C14H22N2O3S/c1-3-15-20(18,19)14-7-5-4-6-13(14)16(2)10-11-8-12(17)9-11/h4-7,11-12,15,17H,3,8-10H2,1-2H3. The minimum absolute atomic E-state index is 0.186. The summed E-state index contributed by atoms with van der Waals surface area (Å²) in [6.07, 6.45) is 1.41. The number of nitrogens with one attached hydrogen (secondary N) is 1. The summed E-state index contributed by atoms with van der Waals surface area (Å²) in [5.74, 6) is 0.435. The molecule has 0 aliphatic heterocycles. The van der Waals surface area contributed by atoms with E-state index in [0.29, 0.717) is 23.0 Å². The summed E-state index contributed by atoms with van der Waals surface area (Å²) in [6, 6.07) is 7.01. The summed E-state index contributed by atoms with van der Waals surface area (Å²) in [5.41, 5.74) is 0.704. The Morgan fingerprint density at radius 1 is 1.35 bits per heavy atom. The number of para-hydroxylation sites is 1. The van der Waals surface area contributed by atoms with E-state index in [-0.39, 0.29) is 6.10 Å². The van der Waals surface area contributed by atoms with Crippen LogP contribution in [-0.4, -0.2) is 39.8 Å². The fraction of sp³-hybridized carbons (Fsp3) is 0.571. The lowest BCUT2D eigenvalue weighted by atomic mass is 9.82. The molecule has 6 heteroatoms. The van der Waals surface area contributed by atoms with Crippen LogP contribution in [0.15, 0.2) is 29.2 Å². The smallest absolute Gasteiger partial charge is 0.242 e. The predicted molar refractivity (Wildman–Crippen MR) is 79.3 cm³/mol. The lowest BCUT2D eigenvalue weighted by Gasteiger charge is -2.35. The summed E-state index contributed by atoms with van der Waals surface area (Å²) in [7, 11) is -1.57. The van der Waals surface area contributed by atoms with Gasteiger partial charge in [0, 0.05) is 20.1 Å². The Hall–Kier alpha value is -1.11. The average Bonchev–Trinajstić information content (AvgIpc) is 2.37. The highest BCUT2D eigenvalue weighted by Gasteiger charge is 2.29. The fourth-order valence-corrected chi connectivity index (χ4v) is 3.90. The minimum Gasteiger partial charge on any atom is -0.393 e. The number of anilines is 1. The topological polar surface area (TPSA) is 69.6 Å². The van der Waals surface area contributed by atoms with Crippen molar-refractivity contribution < 1.29 is 13.5 Å². The van der Waals surface area contributed by atoms with Crippen molar-refractivity contribution in [2.75, 3.05) is 25.0 Å². The Kier molecular flexibility index (Phi) is 4.67. The van der Waals surface area contributed by atoms with Crippen LogP contribution >= 0.6 is 0 Å². The molecule has 0 saturated heterocycles. The molecule has 1 fully saturated rings. The zero-order chi connectivity index (χ0) is 14.8. The Bertz CT molecular complexity index is 553. The van der Waals surface area contributed by atoms with E-state index in [0.717, 1.165) is 19.4 Å². The molecule has 1 aromatic rings. The highest BCUT2D eigenvalue weighted by atomic mass is 32.2. The van der Waals surface area contributed by atoms with Gasteiger partial charge in [-0.05, 0) is 30.9 Å². The number of nitrogens with zero attached hydrogens (tertiary/aromatic N) is 1. The van der Waals surface area contributed by atoms with Crippen molar-refractivity contribution in [3.63, 3.8) is 0 Å². The number of aliphatic hydroxyl groups excluding tert-OH is 1. The minimum atomic E-state index is -3.46. The number of rotatable bonds is 6. The van der Waals surface area contributed by atoms with Crippen LogP contribution < -0.4 is 9.62 Å². The van der Waals surface area contributed by atoms with Crippen LogP contribution in [-0.2, 0) is 10.0 Å². The van der Waals surface area contributed by atoms with Crippen LogP contribution in [0.2, 0.25) is 0 Å². The van der Waals surface area contributed by atoms with Crippen LogP contribution in [0.25, 0.3) is 0 Å². The summed E-state index contributed by atoms with van der Waals surface area (Å²) < 4.78 is 26.9. The van der Waals surface area contributed by atoms with Gasteiger partial charge in [-0.2, -0.15) is 0 Å². The molecule has 1 saturated carbocycles. The first-order valence-electron chi connectivity index (χ1n) is 6.92. The van der Waals surface area contributed by atoms with Crippen molar-refractivity contribution in [3.05, 3.63) is 24.3 Å². The molecule has 2 rings (SSSR count). The molecule has 0 unspecified atom stereocenters. The van der Waals surface area contributed by atoms with Gasteiger partial charge in [-0.1, -0.05) is 19.1 Å². The normalized spacial score (nSPS) is 22.4. The molecule has 0 amide bonds. The first-order chi connectivity index (χ1) is 9.44. The lowest BCUT2D eigenvalue weighted by Crippen LogP contribution is -2.37. The number of hydrogen-bond acceptors (Lipinski definition) is 4. The van der Waals surface area contributed by atoms with Gasteiger partial charge in [0.15, 0.2) is 0 Å². The van der Waals surface area contributed by atoms with Crippen molar-refractivity contribution in [2.45, 2.75) is 30.8 Å². The van der Waals surface area contributed by atoms with Gasteiger partial charge in [0.2, 0.25) is 10.0 Å². The second-order valence-electron chi connectivity index (χ2n) is 5.34. The van der Waals surface area contributed by atoms with Gasteiger partial charge in [0.05, 0.1) is 11.8 Å². The van der Waals surface area contributed by atoms with E-state index in [4.69, 9.17) is 0 Å². The van der Waals surface area contributed by atoms with Gasteiger partial charge in [-0.15, -0.1) is 0 Å². The zero-order valence-electron chi connectivity index (χ0n) is 11.9. The third-order valence-electron chi connectivity index (χ3n) is 3.64. The van der Waals surface area contributed by atoms with Gasteiger partial charge < -0.3 is 10.0 Å². The summed E-state index contributed by atoms with van der Waals surface area (Å²) in [4.78, 5) is 2.27. The molecule has 0 heterocycles. The third-order valence-corrected chi connectivity index (χ3v) is 5.24. The molecule has 1 aromatic carbocycles. The Balaban J connectivity index is 2.19. The van der Waals surface area contributed by atoms with E-state index in [1.807, 2.05) is 24.1 Å². The molecule has 5 nitrogen and oxygen atoms in total. The number of hydrogen-bond donors (Lipinski definition) is 2. The highest BCUT2D eigenvalue weighted by molar-refractivity contribution is 7.89. The van der Waals surface area contributed by atoms with E-state index in [1.54, 1.807) is 19.1 Å². The molecule has 0 spiro atoms.